The molecule has 1 aromatic heterocycles. The van der Waals surface area contributed by atoms with Crippen LogP contribution < -0.4 is 0 Å². The molecule has 2 aromatic rings. The van der Waals surface area contributed by atoms with Crippen LogP contribution in [0, 0.1) is 12.3 Å². The van der Waals surface area contributed by atoms with Crippen LogP contribution >= 0.6 is 0 Å². The maximum absolute atomic E-state index is 14.2. The third-order valence-corrected chi connectivity index (χ3v) is 3.87. The molecule has 6 heteroatoms. The monoisotopic (exact) mass is 280 g/mol. The number of fused-ring (bicyclic) bond motifs is 3. The van der Waals surface area contributed by atoms with Gasteiger partial charge in [-0.2, -0.15) is 8.78 Å². The van der Waals surface area contributed by atoms with Crippen molar-refractivity contribution in [1.82, 2.24) is 9.55 Å². The van der Waals surface area contributed by atoms with E-state index >= 15 is 0 Å². The van der Waals surface area contributed by atoms with Gasteiger partial charge in [0.15, 0.2) is 5.82 Å². The molecule has 1 aliphatic rings. The molecular formula is C14H14F2N2O2. The lowest BCUT2D eigenvalue weighted by Gasteiger charge is -2.35. The molecule has 0 aliphatic carbocycles. The van der Waals surface area contributed by atoms with Crippen LogP contribution in [0.3, 0.4) is 0 Å². The van der Waals surface area contributed by atoms with Crippen LogP contribution in [0.25, 0.3) is 11.0 Å². The highest BCUT2D eigenvalue weighted by molar-refractivity contribution is 5.79. The van der Waals surface area contributed by atoms with Gasteiger partial charge in [0, 0.05) is 13.0 Å². The van der Waals surface area contributed by atoms with Gasteiger partial charge in [-0.3, -0.25) is 4.79 Å². The van der Waals surface area contributed by atoms with E-state index in [9.17, 15) is 18.7 Å². The van der Waals surface area contributed by atoms with Gasteiger partial charge >= 0.3 is 11.9 Å². The van der Waals surface area contributed by atoms with Crippen molar-refractivity contribution in [3.8, 4) is 0 Å². The molecule has 0 radical (unpaired) electrons. The molecular weight excluding hydrogens is 266 g/mol. The molecule has 1 N–H and O–H groups in total. The first kappa shape index (κ1) is 13.0. The van der Waals surface area contributed by atoms with E-state index < -0.39 is 23.7 Å². The van der Waals surface area contributed by atoms with Crippen molar-refractivity contribution in [1.29, 1.82) is 0 Å². The maximum atomic E-state index is 14.2. The Bertz CT molecular complexity index is 723. The Morgan fingerprint density at radius 1 is 1.45 bits per heavy atom. The zero-order valence-electron chi connectivity index (χ0n) is 11.2. The number of hydrogen-bond acceptors (Lipinski definition) is 2. The third kappa shape index (κ3) is 1.71. The summed E-state index contributed by atoms with van der Waals surface area (Å²) in [6.45, 7) is 3.22. The number of halogens is 2. The van der Waals surface area contributed by atoms with Gasteiger partial charge in [0.25, 0.3) is 0 Å². The van der Waals surface area contributed by atoms with E-state index in [1.807, 2.05) is 13.0 Å². The third-order valence-electron chi connectivity index (χ3n) is 3.87. The first-order valence-corrected chi connectivity index (χ1v) is 6.32. The van der Waals surface area contributed by atoms with Crippen LogP contribution in [0.15, 0.2) is 18.2 Å². The second-order valence-electron chi connectivity index (χ2n) is 5.76. The summed E-state index contributed by atoms with van der Waals surface area (Å²) in [5.74, 6) is -4.79. The van der Waals surface area contributed by atoms with Gasteiger partial charge in [0.1, 0.15) is 0 Å². The molecule has 20 heavy (non-hydrogen) atoms. The van der Waals surface area contributed by atoms with Gasteiger partial charge in [-0.1, -0.05) is 6.07 Å². The summed E-state index contributed by atoms with van der Waals surface area (Å²) in [7, 11) is 0. The number of benzene rings is 1. The van der Waals surface area contributed by atoms with Crippen LogP contribution in [0.1, 0.15) is 24.7 Å². The summed E-state index contributed by atoms with van der Waals surface area (Å²) in [5.41, 5.74) is 0.471. The molecule has 0 amide bonds. The molecule has 0 saturated carbocycles. The van der Waals surface area contributed by atoms with E-state index in [1.165, 1.54) is 11.5 Å². The van der Waals surface area contributed by atoms with Crippen LogP contribution in [0.5, 0.6) is 0 Å². The van der Waals surface area contributed by atoms with E-state index in [0.29, 0.717) is 11.0 Å². The summed E-state index contributed by atoms with van der Waals surface area (Å²) in [4.78, 5) is 15.3. The fourth-order valence-corrected chi connectivity index (χ4v) is 2.80. The van der Waals surface area contributed by atoms with Gasteiger partial charge < -0.3 is 9.67 Å². The number of aliphatic carboxylic acids is 1. The Balaban J connectivity index is 2.27. The molecule has 1 aromatic carbocycles. The Hall–Kier alpha value is -1.98. The number of nitrogens with zero attached hydrogens (tertiary/aromatic N) is 2. The summed E-state index contributed by atoms with van der Waals surface area (Å²) < 4.78 is 29.8. The van der Waals surface area contributed by atoms with E-state index in [2.05, 4.69) is 4.98 Å². The molecule has 4 nitrogen and oxygen atoms in total. The van der Waals surface area contributed by atoms with Gasteiger partial charge in [-0.15, -0.1) is 0 Å². The molecule has 3 rings (SSSR count). The quantitative estimate of drug-likeness (QED) is 0.873. The molecule has 2 heterocycles. The standard InChI is InChI=1S/C14H14F2N2O2/c1-8-3-4-10-9(5-8)17-11-14(15,16)6-13(2,12(19)20)7-18(10)11/h3-5H,6-7H2,1-2H3,(H,19,20). The average molecular weight is 280 g/mol. The summed E-state index contributed by atoms with van der Waals surface area (Å²) in [5, 5.41) is 9.24. The number of carboxylic acid groups (broad SMARTS) is 1. The second-order valence-corrected chi connectivity index (χ2v) is 5.76. The molecule has 0 bridgehead atoms. The van der Waals surface area contributed by atoms with Crippen molar-refractivity contribution >= 4 is 17.0 Å². The summed E-state index contributed by atoms with van der Waals surface area (Å²) in [6.07, 6.45) is -0.725. The molecule has 1 unspecified atom stereocenters. The van der Waals surface area contributed by atoms with Gasteiger partial charge in [0.2, 0.25) is 0 Å². The lowest BCUT2D eigenvalue weighted by molar-refractivity contribution is -0.160. The minimum absolute atomic E-state index is 0.00676. The summed E-state index contributed by atoms with van der Waals surface area (Å²) in [6, 6.07) is 5.25. The van der Waals surface area contributed by atoms with Crippen molar-refractivity contribution in [2.45, 2.75) is 32.7 Å². The Kier molecular flexibility index (Phi) is 2.46. The van der Waals surface area contributed by atoms with Crippen molar-refractivity contribution in [3.63, 3.8) is 0 Å². The highest BCUT2D eigenvalue weighted by Crippen LogP contribution is 2.46. The lowest BCUT2D eigenvalue weighted by atomic mass is 9.81. The van der Waals surface area contributed by atoms with Crippen LogP contribution in [0.4, 0.5) is 8.78 Å². The number of hydrogen-bond donors (Lipinski definition) is 1. The number of carboxylic acids is 1. The zero-order chi connectivity index (χ0) is 14.7. The van der Waals surface area contributed by atoms with E-state index in [-0.39, 0.29) is 12.4 Å². The Labute approximate surface area is 114 Å². The fourth-order valence-electron chi connectivity index (χ4n) is 2.80. The smallest absolute Gasteiger partial charge is 0.311 e. The van der Waals surface area contributed by atoms with E-state index in [1.54, 1.807) is 12.1 Å². The maximum Gasteiger partial charge on any atom is 0.311 e. The first-order valence-electron chi connectivity index (χ1n) is 6.32. The highest BCUT2D eigenvalue weighted by atomic mass is 19.3. The predicted molar refractivity (Wildman–Crippen MR) is 68.7 cm³/mol. The predicted octanol–water partition coefficient (Wildman–Crippen LogP) is 2.93. The minimum Gasteiger partial charge on any atom is -0.481 e. The zero-order valence-corrected chi connectivity index (χ0v) is 11.2. The number of carbonyl (C=O) groups is 1. The molecule has 0 spiro atoms. The van der Waals surface area contributed by atoms with Crippen molar-refractivity contribution < 1.29 is 18.7 Å². The van der Waals surface area contributed by atoms with Crippen LogP contribution in [-0.2, 0) is 17.3 Å². The van der Waals surface area contributed by atoms with Crippen LogP contribution in [-0.4, -0.2) is 20.6 Å². The van der Waals surface area contributed by atoms with E-state index in [4.69, 9.17) is 0 Å². The van der Waals surface area contributed by atoms with Gasteiger partial charge in [-0.05, 0) is 31.5 Å². The fraction of sp³-hybridized carbons (Fsp3) is 0.429. The van der Waals surface area contributed by atoms with Crippen molar-refractivity contribution in [2.24, 2.45) is 5.41 Å². The Morgan fingerprint density at radius 3 is 2.80 bits per heavy atom. The highest BCUT2D eigenvalue weighted by Gasteiger charge is 2.52. The van der Waals surface area contributed by atoms with Crippen LogP contribution in [0.2, 0.25) is 0 Å². The summed E-state index contributed by atoms with van der Waals surface area (Å²) >= 11 is 0. The molecule has 0 fully saturated rings. The molecule has 106 valence electrons. The van der Waals surface area contributed by atoms with E-state index in [0.717, 1.165) is 5.56 Å². The normalized spacial score (nSPS) is 24.6. The average Bonchev–Trinajstić information content (AvgIpc) is 2.66. The van der Waals surface area contributed by atoms with Gasteiger partial charge in [0.05, 0.1) is 16.4 Å². The number of aromatic nitrogens is 2. The number of imidazole rings is 1. The number of alkyl halides is 2. The van der Waals surface area contributed by atoms with Crippen molar-refractivity contribution in [2.75, 3.05) is 0 Å². The van der Waals surface area contributed by atoms with Gasteiger partial charge in [-0.25, -0.2) is 4.98 Å². The first-order chi connectivity index (χ1) is 9.23. The largest absolute Gasteiger partial charge is 0.481 e. The Morgan fingerprint density at radius 2 is 2.15 bits per heavy atom. The minimum atomic E-state index is -3.24. The molecule has 0 saturated heterocycles. The molecule has 1 aliphatic heterocycles. The topological polar surface area (TPSA) is 55.1 Å². The number of rotatable bonds is 1. The lowest BCUT2D eigenvalue weighted by Crippen LogP contribution is -2.43. The molecule has 1 atom stereocenters. The second kappa shape index (κ2) is 3.77. The SMILES string of the molecule is Cc1ccc2c(c1)nc1n2CC(C)(C(=O)O)CC1(F)F. The number of aryl methyl sites for hydroxylation is 1. The van der Waals surface area contributed by atoms with Crippen molar-refractivity contribution in [3.05, 3.63) is 29.6 Å².